The van der Waals surface area contributed by atoms with Crippen molar-refractivity contribution in [3.8, 4) is 0 Å². The Kier molecular flexibility index (Phi) is 2.75. The maximum Gasteiger partial charge on any atom is 0.224 e. The average Bonchev–Trinajstić information content (AvgIpc) is 2.58. The first-order valence-corrected chi connectivity index (χ1v) is 5.84. The van der Waals surface area contributed by atoms with Crippen molar-refractivity contribution in [2.24, 2.45) is 5.73 Å². The zero-order chi connectivity index (χ0) is 11.0. The van der Waals surface area contributed by atoms with Crippen LogP contribution in [0.15, 0.2) is 0 Å². The van der Waals surface area contributed by atoms with Gasteiger partial charge in [-0.1, -0.05) is 0 Å². The molecule has 0 aliphatic carbocycles. The van der Waals surface area contributed by atoms with E-state index in [0.717, 1.165) is 10.7 Å². The number of hydrogen-bond donors (Lipinski definition) is 1. The number of nitrogens with zero attached hydrogens (tertiary/aromatic N) is 2. The summed E-state index contributed by atoms with van der Waals surface area (Å²) in [6, 6.07) is 0.00632. The fourth-order valence-corrected chi connectivity index (χ4v) is 2.80. The van der Waals surface area contributed by atoms with Gasteiger partial charge in [0.2, 0.25) is 5.91 Å². The summed E-state index contributed by atoms with van der Waals surface area (Å²) in [7, 11) is 0. The second kappa shape index (κ2) is 3.90. The highest BCUT2D eigenvalue weighted by atomic mass is 32.1. The summed E-state index contributed by atoms with van der Waals surface area (Å²) in [5, 5.41) is 1.05. The van der Waals surface area contributed by atoms with E-state index in [1.165, 1.54) is 4.88 Å². The molecule has 0 bridgehead atoms. The summed E-state index contributed by atoms with van der Waals surface area (Å²) in [6.45, 7) is 5.32. The van der Waals surface area contributed by atoms with Crippen LogP contribution in [0.5, 0.6) is 0 Å². The standard InChI is InChI=1S/C10H15N3OS/c1-6-9(15-7(2)12-6)5-13-4-8(11)3-10(13)14/h8H,3-5,11H2,1-2H3. The molecule has 82 valence electrons. The largest absolute Gasteiger partial charge is 0.336 e. The number of rotatable bonds is 2. The van der Waals surface area contributed by atoms with Crippen molar-refractivity contribution in [2.45, 2.75) is 32.9 Å². The Bertz CT molecular complexity index is 388. The SMILES string of the molecule is Cc1nc(C)c(CN2CC(N)CC2=O)s1. The molecule has 4 nitrogen and oxygen atoms in total. The van der Waals surface area contributed by atoms with Crippen molar-refractivity contribution in [1.29, 1.82) is 0 Å². The first kappa shape index (κ1) is 10.6. The number of aromatic nitrogens is 1. The summed E-state index contributed by atoms with van der Waals surface area (Å²) < 4.78 is 0. The predicted molar refractivity (Wildman–Crippen MR) is 59.6 cm³/mol. The number of nitrogens with two attached hydrogens (primary N) is 1. The van der Waals surface area contributed by atoms with Crippen molar-refractivity contribution in [2.75, 3.05) is 6.54 Å². The fourth-order valence-electron chi connectivity index (χ4n) is 1.85. The van der Waals surface area contributed by atoms with E-state index in [1.807, 2.05) is 18.7 Å². The zero-order valence-electron chi connectivity index (χ0n) is 8.99. The van der Waals surface area contributed by atoms with E-state index in [4.69, 9.17) is 5.73 Å². The maximum absolute atomic E-state index is 11.5. The maximum atomic E-state index is 11.5. The van der Waals surface area contributed by atoms with E-state index in [0.29, 0.717) is 19.5 Å². The highest BCUT2D eigenvalue weighted by Gasteiger charge is 2.27. The van der Waals surface area contributed by atoms with Crippen LogP contribution in [0.3, 0.4) is 0 Å². The smallest absolute Gasteiger partial charge is 0.224 e. The van der Waals surface area contributed by atoms with Gasteiger partial charge >= 0.3 is 0 Å². The molecule has 5 heteroatoms. The Morgan fingerprint density at radius 3 is 2.80 bits per heavy atom. The molecule has 2 N–H and O–H groups in total. The van der Waals surface area contributed by atoms with Gasteiger partial charge in [0.05, 0.1) is 17.2 Å². The third kappa shape index (κ3) is 2.18. The zero-order valence-corrected chi connectivity index (χ0v) is 9.80. The normalized spacial score (nSPS) is 21.4. The summed E-state index contributed by atoms with van der Waals surface area (Å²) in [5.74, 6) is 0.160. The molecule has 2 heterocycles. The van der Waals surface area contributed by atoms with Gasteiger partial charge in [-0.15, -0.1) is 11.3 Å². The Hall–Kier alpha value is -0.940. The van der Waals surface area contributed by atoms with Crippen LogP contribution in [-0.2, 0) is 11.3 Å². The molecule has 1 saturated heterocycles. The van der Waals surface area contributed by atoms with E-state index >= 15 is 0 Å². The van der Waals surface area contributed by atoms with Gasteiger partial charge in [-0.2, -0.15) is 0 Å². The van der Waals surface area contributed by atoms with E-state index in [2.05, 4.69) is 4.98 Å². The fraction of sp³-hybridized carbons (Fsp3) is 0.600. The molecule has 1 aliphatic heterocycles. The number of thiazole rings is 1. The molecule has 0 spiro atoms. The van der Waals surface area contributed by atoms with Gasteiger partial charge in [0, 0.05) is 23.9 Å². The van der Waals surface area contributed by atoms with Crippen molar-refractivity contribution >= 4 is 17.2 Å². The molecule has 1 fully saturated rings. The Labute approximate surface area is 93.1 Å². The van der Waals surface area contributed by atoms with Gasteiger partial charge in [-0.25, -0.2) is 4.98 Å². The van der Waals surface area contributed by atoms with Gasteiger partial charge in [-0.3, -0.25) is 4.79 Å². The molecule has 1 atom stereocenters. The highest BCUT2D eigenvalue weighted by Crippen LogP contribution is 2.21. The molecule has 1 aromatic rings. The second-order valence-corrected chi connectivity index (χ2v) is 5.27. The Morgan fingerprint density at radius 1 is 1.60 bits per heavy atom. The third-order valence-corrected chi connectivity index (χ3v) is 3.64. The third-order valence-electron chi connectivity index (χ3n) is 2.58. The molecular formula is C10H15N3OS. The van der Waals surface area contributed by atoms with Crippen molar-refractivity contribution < 1.29 is 4.79 Å². The lowest BCUT2D eigenvalue weighted by Gasteiger charge is -2.14. The number of carbonyl (C=O) groups excluding carboxylic acids is 1. The first-order valence-electron chi connectivity index (χ1n) is 5.02. The Balaban J connectivity index is 2.09. The highest BCUT2D eigenvalue weighted by molar-refractivity contribution is 7.11. The van der Waals surface area contributed by atoms with Gasteiger partial charge in [0.15, 0.2) is 0 Å². The van der Waals surface area contributed by atoms with Crippen LogP contribution < -0.4 is 5.73 Å². The topological polar surface area (TPSA) is 59.2 Å². The van der Waals surface area contributed by atoms with Crippen LogP contribution in [0.1, 0.15) is 22.0 Å². The molecule has 1 aliphatic rings. The van der Waals surface area contributed by atoms with E-state index in [9.17, 15) is 4.79 Å². The second-order valence-electron chi connectivity index (χ2n) is 3.98. The van der Waals surface area contributed by atoms with E-state index in [-0.39, 0.29) is 11.9 Å². The molecule has 0 aromatic carbocycles. The molecule has 15 heavy (non-hydrogen) atoms. The number of hydrogen-bond acceptors (Lipinski definition) is 4. The van der Waals surface area contributed by atoms with Crippen LogP contribution in [0.4, 0.5) is 0 Å². The van der Waals surface area contributed by atoms with Crippen LogP contribution in [0, 0.1) is 13.8 Å². The minimum Gasteiger partial charge on any atom is -0.336 e. The molecule has 1 unspecified atom stereocenters. The predicted octanol–water partition coefficient (Wildman–Crippen LogP) is 0.820. The lowest BCUT2D eigenvalue weighted by Crippen LogP contribution is -2.27. The molecule has 0 radical (unpaired) electrons. The lowest BCUT2D eigenvalue weighted by atomic mass is 10.3. The van der Waals surface area contributed by atoms with Crippen LogP contribution >= 0.6 is 11.3 Å². The average molecular weight is 225 g/mol. The first-order chi connectivity index (χ1) is 7.06. The number of likely N-dealkylation sites (tertiary alicyclic amines) is 1. The number of amides is 1. The minimum absolute atomic E-state index is 0.00632. The molecule has 2 rings (SSSR count). The van der Waals surface area contributed by atoms with Crippen LogP contribution in [-0.4, -0.2) is 28.4 Å². The Morgan fingerprint density at radius 2 is 2.33 bits per heavy atom. The monoisotopic (exact) mass is 225 g/mol. The van der Waals surface area contributed by atoms with Crippen molar-refractivity contribution in [1.82, 2.24) is 9.88 Å². The van der Waals surface area contributed by atoms with E-state index in [1.54, 1.807) is 11.3 Å². The van der Waals surface area contributed by atoms with Gasteiger partial charge < -0.3 is 10.6 Å². The van der Waals surface area contributed by atoms with Crippen molar-refractivity contribution in [3.05, 3.63) is 15.6 Å². The van der Waals surface area contributed by atoms with Crippen LogP contribution in [0.2, 0.25) is 0 Å². The van der Waals surface area contributed by atoms with Crippen LogP contribution in [0.25, 0.3) is 0 Å². The number of aryl methyl sites for hydroxylation is 2. The molecular weight excluding hydrogens is 210 g/mol. The van der Waals surface area contributed by atoms with Gasteiger partial charge in [0.1, 0.15) is 0 Å². The molecule has 0 saturated carbocycles. The van der Waals surface area contributed by atoms with E-state index < -0.39 is 0 Å². The lowest BCUT2D eigenvalue weighted by molar-refractivity contribution is -0.128. The summed E-state index contributed by atoms with van der Waals surface area (Å²) in [6.07, 6.45) is 0.483. The summed E-state index contributed by atoms with van der Waals surface area (Å²) in [5.41, 5.74) is 6.77. The summed E-state index contributed by atoms with van der Waals surface area (Å²) >= 11 is 1.66. The van der Waals surface area contributed by atoms with Crippen molar-refractivity contribution in [3.63, 3.8) is 0 Å². The number of carbonyl (C=O) groups is 1. The minimum atomic E-state index is 0.00632. The van der Waals surface area contributed by atoms with Gasteiger partial charge in [0.25, 0.3) is 0 Å². The summed E-state index contributed by atoms with van der Waals surface area (Å²) in [4.78, 5) is 18.9. The van der Waals surface area contributed by atoms with Gasteiger partial charge in [-0.05, 0) is 13.8 Å². The molecule has 1 amide bonds. The quantitative estimate of drug-likeness (QED) is 0.810. The molecule has 1 aromatic heterocycles.